The molecule has 1 atom stereocenters. The van der Waals surface area contributed by atoms with E-state index in [0.29, 0.717) is 30.2 Å². The number of hydrogen-bond acceptors (Lipinski definition) is 4. The molecule has 6 nitrogen and oxygen atoms in total. The minimum atomic E-state index is -3.78. The van der Waals surface area contributed by atoms with Crippen molar-refractivity contribution < 1.29 is 17.9 Å². The third-order valence-corrected chi connectivity index (χ3v) is 8.77. The Morgan fingerprint density at radius 2 is 1.91 bits per heavy atom. The smallest absolute Gasteiger partial charge is 0.246 e. The molecule has 0 aliphatic carbocycles. The number of carbonyl (C=O) groups excluding carboxylic acids is 1. The van der Waals surface area contributed by atoms with Crippen LogP contribution >= 0.6 is 27.5 Å². The minimum Gasteiger partial charge on any atom is -0.492 e. The van der Waals surface area contributed by atoms with E-state index in [1.807, 2.05) is 17.0 Å². The number of amides is 1. The molecular formula is C23H26BrClN2O4S. The van der Waals surface area contributed by atoms with E-state index in [2.05, 4.69) is 28.9 Å². The molecular weight excluding hydrogens is 516 g/mol. The first-order valence-electron chi connectivity index (χ1n) is 10.8. The summed E-state index contributed by atoms with van der Waals surface area (Å²) in [6.07, 6.45) is 1.79. The zero-order valence-corrected chi connectivity index (χ0v) is 21.2. The Labute approximate surface area is 202 Å². The van der Waals surface area contributed by atoms with Crippen LogP contribution in [0.25, 0.3) is 0 Å². The van der Waals surface area contributed by atoms with Crippen molar-refractivity contribution in [2.45, 2.75) is 44.0 Å². The summed E-state index contributed by atoms with van der Waals surface area (Å²) in [5, 5.41) is 0.338. The largest absolute Gasteiger partial charge is 0.492 e. The minimum absolute atomic E-state index is 0.0734. The summed E-state index contributed by atoms with van der Waals surface area (Å²) in [6, 6.07) is 10.7. The van der Waals surface area contributed by atoms with Gasteiger partial charge in [0, 0.05) is 40.2 Å². The molecule has 172 valence electrons. The van der Waals surface area contributed by atoms with Gasteiger partial charge in [-0.15, -0.1) is 0 Å². The molecule has 1 fully saturated rings. The normalized spacial score (nSPS) is 19.8. The van der Waals surface area contributed by atoms with Crippen molar-refractivity contribution in [2.24, 2.45) is 5.92 Å². The van der Waals surface area contributed by atoms with Gasteiger partial charge in [-0.2, -0.15) is 4.31 Å². The van der Waals surface area contributed by atoms with Crippen molar-refractivity contribution in [3.8, 4) is 5.75 Å². The van der Waals surface area contributed by atoms with E-state index in [4.69, 9.17) is 16.3 Å². The maximum absolute atomic E-state index is 13.4. The molecule has 1 amide bonds. The molecule has 32 heavy (non-hydrogen) atoms. The van der Waals surface area contributed by atoms with Crippen molar-refractivity contribution in [2.75, 3.05) is 24.6 Å². The highest BCUT2D eigenvalue weighted by Crippen LogP contribution is 2.37. The van der Waals surface area contributed by atoms with Crippen LogP contribution in [0.5, 0.6) is 5.75 Å². The molecule has 2 aliphatic rings. The van der Waals surface area contributed by atoms with E-state index in [9.17, 15) is 13.2 Å². The average Bonchev–Trinajstić information content (AvgIpc) is 3.09. The highest BCUT2D eigenvalue weighted by molar-refractivity contribution is 9.10. The lowest BCUT2D eigenvalue weighted by atomic mass is 9.96. The number of benzene rings is 2. The number of halogens is 2. The van der Waals surface area contributed by atoms with Crippen LogP contribution in [0.2, 0.25) is 5.02 Å². The molecule has 2 heterocycles. The Morgan fingerprint density at radius 1 is 1.19 bits per heavy atom. The second-order valence-corrected chi connectivity index (χ2v) is 11.5. The monoisotopic (exact) mass is 540 g/mol. The van der Waals surface area contributed by atoms with Gasteiger partial charge in [-0.1, -0.05) is 27.5 Å². The Kier molecular flexibility index (Phi) is 6.86. The first-order chi connectivity index (χ1) is 15.2. The van der Waals surface area contributed by atoms with Gasteiger partial charge in [-0.25, -0.2) is 8.42 Å². The summed E-state index contributed by atoms with van der Waals surface area (Å²) < 4.78 is 34.6. The average molecular weight is 542 g/mol. The number of carbonyl (C=O) groups is 1. The van der Waals surface area contributed by atoms with Crippen molar-refractivity contribution in [1.82, 2.24) is 4.31 Å². The van der Waals surface area contributed by atoms with Crippen molar-refractivity contribution >= 4 is 49.1 Å². The van der Waals surface area contributed by atoms with Crippen molar-refractivity contribution in [1.29, 1.82) is 0 Å². The number of anilines is 1. The number of sulfonamides is 1. The van der Waals surface area contributed by atoms with Gasteiger partial charge in [0.2, 0.25) is 15.9 Å². The molecule has 0 spiro atoms. The van der Waals surface area contributed by atoms with Gasteiger partial charge < -0.3 is 9.64 Å². The Hall–Kier alpha value is -1.61. The van der Waals surface area contributed by atoms with Crippen LogP contribution in [0.15, 0.2) is 45.8 Å². The van der Waals surface area contributed by atoms with Gasteiger partial charge in [0.1, 0.15) is 10.6 Å². The van der Waals surface area contributed by atoms with Gasteiger partial charge in [-0.3, -0.25) is 4.79 Å². The third kappa shape index (κ3) is 4.42. The Balaban J connectivity index is 1.49. The molecule has 2 aromatic carbocycles. The van der Waals surface area contributed by atoms with E-state index in [1.54, 1.807) is 19.1 Å². The standard InChI is InChI=1S/C23H26BrClN2O4S/c1-3-31-21-7-5-19(25)14-22(21)32(29,30)26-10-8-16(9-11-26)23(28)27-15(2)12-17-13-18(24)4-6-20(17)27/h4-7,13-16H,3,8-12H2,1-2H3/t15-/m0/s1. The predicted octanol–water partition coefficient (Wildman–Crippen LogP) is 4.88. The zero-order chi connectivity index (χ0) is 23.0. The van der Waals surface area contributed by atoms with E-state index in [0.717, 1.165) is 22.1 Å². The van der Waals surface area contributed by atoms with Gasteiger partial charge >= 0.3 is 0 Å². The number of nitrogens with zero attached hydrogens (tertiary/aromatic N) is 2. The van der Waals surface area contributed by atoms with Gasteiger partial charge in [0.25, 0.3) is 0 Å². The van der Waals surface area contributed by atoms with E-state index in [1.165, 1.54) is 10.4 Å². The van der Waals surface area contributed by atoms with Crippen LogP contribution in [0, 0.1) is 5.92 Å². The Bertz CT molecular complexity index is 1130. The number of ether oxygens (including phenoxy) is 1. The van der Waals surface area contributed by atoms with E-state index < -0.39 is 10.0 Å². The molecule has 1 saturated heterocycles. The van der Waals surface area contributed by atoms with Crippen LogP contribution in [0.4, 0.5) is 5.69 Å². The maximum atomic E-state index is 13.4. The lowest BCUT2D eigenvalue weighted by Crippen LogP contribution is -2.46. The van der Waals surface area contributed by atoms with Gasteiger partial charge in [0.05, 0.1) is 6.61 Å². The first kappa shape index (κ1) is 23.5. The van der Waals surface area contributed by atoms with Crippen LogP contribution in [-0.4, -0.2) is 44.4 Å². The predicted molar refractivity (Wildman–Crippen MR) is 129 cm³/mol. The Morgan fingerprint density at radius 3 is 2.59 bits per heavy atom. The third-order valence-electron chi connectivity index (χ3n) is 6.12. The SMILES string of the molecule is CCOc1ccc(Cl)cc1S(=O)(=O)N1CCC(C(=O)N2c3ccc(Br)cc3C[C@@H]2C)CC1. The number of fused-ring (bicyclic) bond motifs is 1. The zero-order valence-electron chi connectivity index (χ0n) is 18.1. The molecule has 4 rings (SSSR count). The molecule has 9 heteroatoms. The van der Waals surface area contributed by atoms with E-state index >= 15 is 0 Å². The van der Waals surface area contributed by atoms with Crippen LogP contribution < -0.4 is 9.64 Å². The summed E-state index contributed by atoms with van der Waals surface area (Å²) in [6.45, 7) is 4.78. The molecule has 0 bridgehead atoms. The van der Waals surface area contributed by atoms with Crippen LogP contribution in [0.3, 0.4) is 0 Å². The summed E-state index contributed by atoms with van der Waals surface area (Å²) in [4.78, 5) is 15.3. The molecule has 2 aliphatic heterocycles. The highest BCUT2D eigenvalue weighted by atomic mass is 79.9. The fourth-order valence-electron chi connectivity index (χ4n) is 4.57. The maximum Gasteiger partial charge on any atom is 0.246 e. The fourth-order valence-corrected chi connectivity index (χ4v) is 6.84. The van der Waals surface area contributed by atoms with Crippen molar-refractivity contribution in [3.05, 3.63) is 51.5 Å². The molecule has 2 aromatic rings. The molecule has 0 radical (unpaired) electrons. The first-order valence-corrected chi connectivity index (χ1v) is 13.4. The van der Waals surface area contributed by atoms with Gasteiger partial charge in [0.15, 0.2) is 0 Å². The molecule has 0 N–H and O–H groups in total. The quantitative estimate of drug-likeness (QED) is 0.541. The summed E-state index contributed by atoms with van der Waals surface area (Å²) in [7, 11) is -3.78. The van der Waals surface area contributed by atoms with Crippen molar-refractivity contribution in [3.63, 3.8) is 0 Å². The van der Waals surface area contributed by atoms with Crippen LogP contribution in [0.1, 0.15) is 32.3 Å². The number of piperidine rings is 1. The van der Waals surface area contributed by atoms with Crippen LogP contribution in [-0.2, 0) is 21.2 Å². The fraction of sp³-hybridized carbons (Fsp3) is 0.435. The second kappa shape index (κ2) is 9.33. The number of rotatable bonds is 5. The summed E-state index contributed by atoms with van der Waals surface area (Å²) >= 11 is 9.57. The van der Waals surface area contributed by atoms with E-state index in [-0.39, 0.29) is 35.9 Å². The molecule has 0 aromatic heterocycles. The lowest BCUT2D eigenvalue weighted by Gasteiger charge is -2.34. The van der Waals surface area contributed by atoms with Gasteiger partial charge in [-0.05, 0) is 75.1 Å². The molecule has 0 saturated carbocycles. The topological polar surface area (TPSA) is 66.9 Å². The highest BCUT2D eigenvalue weighted by Gasteiger charge is 2.38. The summed E-state index contributed by atoms with van der Waals surface area (Å²) in [5.74, 6) is 0.168. The number of hydrogen-bond donors (Lipinski definition) is 0. The second-order valence-electron chi connectivity index (χ2n) is 8.24. The summed E-state index contributed by atoms with van der Waals surface area (Å²) in [5.41, 5.74) is 2.12. The molecule has 0 unspecified atom stereocenters. The lowest BCUT2D eigenvalue weighted by molar-refractivity contribution is -0.123.